The third-order valence-corrected chi connectivity index (χ3v) is 2.92. The van der Waals surface area contributed by atoms with Crippen molar-refractivity contribution in [3.05, 3.63) is 20.8 Å². The van der Waals surface area contributed by atoms with E-state index in [1.807, 2.05) is 7.05 Å². The summed E-state index contributed by atoms with van der Waals surface area (Å²) < 4.78 is 1.17. The maximum atomic E-state index is 3.41. The van der Waals surface area contributed by atoms with Gasteiger partial charge < -0.3 is 5.32 Å². The lowest BCUT2D eigenvalue weighted by Crippen LogP contribution is -2.24. The average Bonchev–Trinajstić information content (AvgIpc) is 2.37. The molecule has 4 heteroatoms. The number of nitrogens with one attached hydrogen (secondary N) is 2. The smallest absolute Gasteiger partial charge is 0.0454 e. The highest BCUT2D eigenvalue weighted by molar-refractivity contribution is 9.10. The van der Waals surface area contributed by atoms with Gasteiger partial charge in [-0.2, -0.15) is 0 Å². The fourth-order valence-corrected chi connectivity index (χ4v) is 2.18. The van der Waals surface area contributed by atoms with E-state index in [-0.39, 0.29) is 0 Å². The van der Waals surface area contributed by atoms with Crippen molar-refractivity contribution in [3.8, 4) is 0 Å². The van der Waals surface area contributed by atoms with Gasteiger partial charge in [-0.05, 0) is 29.0 Å². The molecule has 11 heavy (non-hydrogen) atoms. The first-order valence-corrected chi connectivity index (χ1v) is 5.08. The minimum absolute atomic E-state index is 0.857. The van der Waals surface area contributed by atoms with E-state index in [1.165, 1.54) is 9.35 Å². The average molecular weight is 235 g/mol. The van der Waals surface area contributed by atoms with E-state index >= 15 is 0 Å². The molecule has 0 bridgehead atoms. The highest BCUT2D eigenvalue weighted by Crippen LogP contribution is 2.19. The van der Waals surface area contributed by atoms with E-state index in [0.29, 0.717) is 0 Å². The molecule has 2 N–H and O–H groups in total. The zero-order valence-electron chi connectivity index (χ0n) is 6.36. The van der Waals surface area contributed by atoms with Gasteiger partial charge in [0.25, 0.3) is 0 Å². The van der Waals surface area contributed by atoms with Gasteiger partial charge in [0.15, 0.2) is 0 Å². The van der Waals surface area contributed by atoms with Gasteiger partial charge in [0.1, 0.15) is 0 Å². The second-order valence-corrected chi connectivity index (χ2v) is 4.10. The summed E-state index contributed by atoms with van der Waals surface area (Å²) in [6, 6.07) is 2.13. The molecule has 0 radical (unpaired) electrons. The predicted molar refractivity (Wildman–Crippen MR) is 52.8 cm³/mol. The fourth-order valence-electron chi connectivity index (χ4n) is 0.757. The van der Waals surface area contributed by atoms with Crippen LogP contribution in [0.5, 0.6) is 0 Å². The van der Waals surface area contributed by atoms with Crippen molar-refractivity contribution in [3.63, 3.8) is 0 Å². The van der Waals surface area contributed by atoms with Crippen molar-refractivity contribution in [2.24, 2.45) is 0 Å². The lowest BCUT2D eigenvalue weighted by molar-refractivity contribution is 0.636. The molecule has 0 fully saturated rings. The van der Waals surface area contributed by atoms with Crippen molar-refractivity contribution in [2.45, 2.75) is 6.54 Å². The molecular weight excluding hydrogens is 224 g/mol. The van der Waals surface area contributed by atoms with Crippen LogP contribution in [-0.4, -0.2) is 13.7 Å². The molecule has 0 aliphatic rings. The van der Waals surface area contributed by atoms with Crippen LogP contribution >= 0.6 is 27.3 Å². The molecule has 0 aromatic carbocycles. The quantitative estimate of drug-likeness (QED) is 0.614. The van der Waals surface area contributed by atoms with E-state index in [1.54, 1.807) is 11.3 Å². The molecule has 0 amide bonds. The van der Waals surface area contributed by atoms with E-state index in [4.69, 9.17) is 0 Å². The summed E-state index contributed by atoms with van der Waals surface area (Å²) in [5.74, 6) is 0. The van der Waals surface area contributed by atoms with Crippen LogP contribution in [0, 0.1) is 0 Å². The van der Waals surface area contributed by atoms with Gasteiger partial charge in [0.2, 0.25) is 0 Å². The Morgan fingerprint density at radius 3 is 3.00 bits per heavy atom. The Kier molecular flexibility index (Phi) is 4.07. The summed E-state index contributed by atoms with van der Waals surface area (Å²) in [5.41, 5.74) is 0. The maximum absolute atomic E-state index is 3.41. The Labute approximate surface area is 79.1 Å². The normalized spacial score (nSPS) is 10.4. The SMILES string of the molecule is CNCNCc1cc(Br)cs1. The van der Waals surface area contributed by atoms with Gasteiger partial charge >= 0.3 is 0 Å². The Morgan fingerprint density at radius 1 is 1.64 bits per heavy atom. The molecule has 0 unspecified atom stereocenters. The molecular formula is C7H11BrN2S. The van der Waals surface area contributed by atoms with Gasteiger partial charge in [-0.25, -0.2) is 0 Å². The summed E-state index contributed by atoms with van der Waals surface area (Å²) in [4.78, 5) is 1.35. The summed E-state index contributed by atoms with van der Waals surface area (Å²) in [6.45, 7) is 1.80. The second kappa shape index (κ2) is 4.87. The minimum Gasteiger partial charge on any atom is -0.308 e. The number of hydrogen-bond donors (Lipinski definition) is 2. The Balaban J connectivity index is 2.27. The van der Waals surface area contributed by atoms with Crippen molar-refractivity contribution in [1.82, 2.24) is 10.6 Å². The summed E-state index contributed by atoms with van der Waals surface area (Å²) in [7, 11) is 1.93. The van der Waals surface area contributed by atoms with Crippen molar-refractivity contribution in [2.75, 3.05) is 13.7 Å². The Morgan fingerprint density at radius 2 is 2.45 bits per heavy atom. The molecule has 0 aliphatic carbocycles. The molecule has 0 saturated carbocycles. The Bertz CT molecular complexity index is 212. The lowest BCUT2D eigenvalue weighted by Gasteiger charge is -1.99. The molecule has 0 saturated heterocycles. The number of thiophene rings is 1. The van der Waals surface area contributed by atoms with Crippen molar-refractivity contribution >= 4 is 27.3 Å². The molecule has 1 aromatic rings. The second-order valence-electron chi connectivity index (χ2n) is 2.19. The standard InChI is InChI=1S/C7H11BrN2S/c1-9-5-10-3-7-2-6(8)4-11-7/h2,4,9-10H,3,5H2,1H3. The van der Waals surface area contributed by atoms with Gasteiger partial charge in [0, 0.05) is 27.9 Å². The number of hydrogen-bond acceptors (Lipinski definition) is 3. The number of halogens is 1. The Hall–Kier alpha value is 0.1000. The molecule has 1 rings (SSSR count). The highest BCUT2D eigenvalue weighted by atomic mass is 79.9. The van der Waals surface area contributed by atoms with Crippen molar-refractivity contribution in [1.29, 1.82) is 0 Å². The predicted octanol–water partition coefficient (Wildman–Crippen LogP) is 1.78. The van der Waals surface area contributed by atoms with Gasteiger partial charge in [-0.1, -0.05) is 0 Å². The molecule has 1 aromatic heterocycles. The van der Waals surface area contributed by atoms with E-state index in [0.717, 1.165) is 13.2 Å². The van der Waals surface area contributed by atoms with Gasteiger partial charge in [-0.15, -0.1) is 11.3 Å². The zero-order chi connectivity index (χ0) is 8.10. The number of rotatable bonds is 4. The topological polar surface area (TPSA) is 24.1 Å². The first kappa shape index (κ1) is 9.19. The molecule has 62 valence electrons. The first-order valence-electron chi connectivity index (χ1n) is 3.41. The van der Waals surface area contributed by atoms with Crippen LogP contribution in [0.15, 0.2) is 15.9 Å². The van der Waals surface area contributed by atoms with Crippen LogP contribution in [0.2, 0.25) is 0 Å². The van der Waals surface area contributed by atoms with Gasteiger partial charge in [-0.3, -0.25) is 5.32 Å². The first-order chi connectivity index (χ1) is 5.33. The van der Waals surface area contributed by atoms with Crippen LogP contribution in [0.25, 0.3) is 0 Å². The molecule has 0 aliphatic heterocycles. The third-order valence-electron chi connectivity index (χ3n) is 1.22. The summed E-state index contributed by atoms with van der Waals surface area (Å²) >= 11 is 5.17. The molecule has 2 nitrogen and oxygen atoms in total. The minimum atomic E-state index is 0.857. The highest BCUT2D eigenvalue weighted by Gasteiger charge is 1.94. The van der Waals surface area contributed by atoms with Crippen molar-refractivity contribution < 1.29 is 0 Å². The van der Waals surface area contributed by atoms with E-state index in [2.05, 4.69) is 38.0 Å². The van der Waals surface area contributed by atoms with Crippen LogP contribution in [0.1, 0.15) is 4.88 Å². The largest absolute Gasteiger partial charge is 0.308 e. The van der Waals surface area contributed by atoms with E-state index in [9.17, 15) is 0 Å². The van der Waals surface area contributed by atoms with Crippen LogP contribution < -0.4 is 10.6 Å². The molecule has 0 atom stereocenters. The summed E-state index contributed by atoms with van der Waals surface area (Å²) in [6.07, 6.45) is 0. The summed E-state index contributed by atoms with van der Waals surface area (Å²) in [5, 5.41) is 8.36. The maximum Gasteiger partial charge on any atom is 0.0454 e. The zero-order valence-corrected chi connectivity index (χ0v) is 8.76. The monoisotopic (exact) mass is 234 g/mol. The van der Waals surface area contributed by atoms with Crippen LogP contribution in [-0.2, 0) is 6.54 Å². The molecule has 0 spiro atoms. The fraction of sp³-hybridized carbons (Fsp3) is 0.429. The molecule has 1 heterocycles. The van der Waals surface area contributed by atoms with E-state index < -0.39 is 0 Å². The third kappa shape index (κ3) is 3.33. The van der Waals surface area contributed by atoms with Crippen LogP contribution in [0.3, 0.4) is 0 Å². The van der Waals surface area contributed by atoms with Crippen LogP contribution in [0.4, 0.5) is 0 Å². The van der Waals surface area contributed by atoms with Gasteiger partial charge in [0.05, 0.1) is 0 Å². The lowest BCUT2D eigenvalue weighted by atomic mass is 10.5.